The normalized spacial score (nSPS) is 10.5. The van der Waals surface area contributed by atoms with Gasteiger partial charge in [-0.3, -0.25) is 0 Å². The molecule has 2 aromatic rings. The first-order valence-electron chi connectivity index (χ1n) is 6.44. The molecule has 0 aromatic heterocycles. The zero-order valence-corrected chi connectivity index (χ0v) is 13.8. The average Bonchev–Trinajstić information content (AvgIpc) is 2.48. The molecule has 2 N–H and O–H groups in total. The van der Waals surface area contributed by atoms with E-state index in [-0.39, 0.29) is 0 Å². The van der Waals surface area contributed by atoms with E-state index in [0.29, 0.717) is 10.7 Å². The van der Waals surface area contributed by atoms with E-state index in [0.717, 1.165) is 27.7 Å². The second-order valence-electron chi connectivity index (χ2n) is 4.61. The number of aryl methyl sites for hydroxylation is 1. The molecular formula is C16H18ClNO2S. The molecule has 0 atom stereocenters. The minimum absolute atomic E-state index is 0.714. The van der Waals surface area contributed by atoms with Gasteiger partial charge in [0.15, 0.2) is 11.5 Å². The van der Waals surface area contributed by atoms with Crippen LogP contribution < -0.4 is 15.2 Å². The summed E-state index contributed by atoms with van der Waals surface area (Å²) >= 11 is 7.84. The number of rotatable bonds is 5. The lowest BCUT2D eigenvalue weighted by Crippen LogP contribution is -1.95. The fourth-order valence-corrected chi connectivity index (χ4v) is 3.29. The molecule has 0 saturated carbocycles. The molecule has 5 heteroatoms. The molecule has 2 rings (SSSR count). The number of halogens is 1. The van der Waals surface area contributed by atoms with Gasteiger partial charge in [0, 0.05) is 16.3 Å². The molecule has 2 aromatic carbocycles. The van der Waals surface area contributed by atoms with E-state index in [2.05, 4.69) is 6.92 Å². The summed E-state index contributed by atoms with van der Waals surface area (Å²) in [5.74, 6) is 2.26. The van der Waals surface area contributed by atoms with Gasteiger partial charge in [0.1, 0.15) is 0 Å². The van der Waals surface area contributed by atoms with E-state index >= 15 is 0 Å². The highest BCUT2D eigenvalue weighted by Crippen LogP contribution is 2.35. The Morgan fingerprint density at radius 1 is 1.10 bits per heavy atom. The molecule has 0 aliphatic carbocycles. The van der Waals surface area contributed by atoms with E-state index in [4.69, 9.17) is 26.8 Å². The number of nitrogens with two attached hydrogens (primary N) is 1. The van der Waals surface area contributed by atoms with Gasteiger partial charge in [0.25, 0.3) is 0 Å². The van der Waals surface area contributed by atoms with Crippen molar-refractivity contribution in [2.24, 2.45) is 0 Å². The van der Waals surface area contributed by atoms with Crippen molar-refractivity contribution in [2.75, 3.05) is 20.0 Å². The number of methoxy groups -OCH3 is 2. The molecule has 0 saturated heterocycles. The van der Waals surface area contributed by atoms with E-state index in [1.54, 1.807) is 32.0 Å². The molecular weight excluding hydrogens is 306 g/mol. The number of ether oxygens (including phenoxy) is 2. The Morgan fingerprint density at radius 2 is 1.76 bits per heavy atom. The van der Waals surface area contributed by atoms with Crippen LogP contribution in [0.2, 0.25) is 5.02 Å². The highest BCUT2D eigenvalue weighted by atomic mass is 35.5. The van der Waals surface area contributed by atoms with Crippen molar-refractivity contribution in [1.82, 2.24) is 0 Å². The van der Waals surface area contributed by atoms with Crippen LogP contribution in [0.1, 0.15) is 11.1 Å². The molecule has 0 amide bonds. The zero-order valence-electron chi connectivity index (χ0n) is 12.3. The summed E-state index contributed by atoms with van der Waals surface area (Å²) < 4.78 is 10.6. The summed E-state index contributed by atoms with van der Waals surface area (Å²) in [5, 5.41) is 0.715. The predicted molar refractivity (Wildman–Crippen MR) is 89.7 cm³/mol. The van der Waals surface area contributed by atoms with Crippen LogP contribution >= 0.6 is 23.4 Å². The van der Waals surface area contributed by atoms with Crippen molar-refractivity contribution in [3.05, 3.63) is 46.5 Å². The number of benzene rings is 2. The maximum absolute atomic E-state index is 6.19. The van der Waals surface area contributed by atoms with Gasteiger partial charge in [0.2, 0.25) is 0 Å². The van der Waals surface area contributed by atoms with Gasteiger partial charge in [-0.2, -0.15) is 0 Å². The van der Waals surface area contributed by atoms with Gasteiger partial charge in [-0.15, -0.1) is 11.8 Å². The quantitative estimate of drug-likeness (QED) is 0.648. The summed E-state index contributed by atoms with van der Waals surface area (Å²) in [4.78, 5) is 0.978. The van der Waals surface area contributed by atoms with Crippen molar-refractivity contribution in [1.29, 1.82) is 0 Å². The summed E-state index contributed by atoms with van der Waals surface area (Å²) in [5.41, 5.74) is 8.85. The third-order valence-corrected chi connectivity index (χ3v) is 4.73. The number of nitrogen functional groups attached to an aromatic ring is 1. The van der Waals surface area contributed by atoms with Crippen LogP contribution in [-0.4, -0.2) is 14.2 Å². The molecule has 112 valence electrons. The molecule has 0 unspecified atom stereocenters. The van der Waals surface area contributed by atoms with Crippen LogP contribution in [0.15, 0.2) is 35.2 Å². The molecule has 0 aliphatic rings. The standard InChI is InChI=1S/C16H18ClNO2S/c1-10-6-14(19-2)15(20-3)7-11(10)9-21-16-8-12(18)4-5-13(16)17/h4-8H,9,18H2,1-3H3. The second-order valence-corrected chi connectivity index (χ2v) is 6.04. The first-order chi connectivity index (χ1) is 10.0. The molecule has 3 nitrogen and oxygen atoms in total. The van der Waals surface area contributed by atoms with Gasteiger partial charge in [-0.1, -0.05) is 11.6 Å². The predicted octanol–water partition coefficient (Wildman–Crippen LogP) is 4.54. The van der Waals surface area contributed by atoms with Gasteiger partial charge < -0.3 is 15.2 Å². The molecule has 21 heavy (non-hydrogen) atoms. The van der Waals surface area contributed by atoms with Crippen LogP contribution in [-0.2, 0) is 5.75 Å². The van der Waals surface area contributed by atoms with E-state index in [1.165, 1.54) is 5.56 Å². The number of hydrogen-bond donors (Lipinski definition) is 1. The van der Waals surface area contributed by atoms with Crippen LogP contribution in [0.3, 0.4) is 0 Å². The lowest BCUT2D eigenvalue weighted by molar-refractivity contribution is 0.354. The van der Waals surface area contributed by atoms with Gasteiger partial charge in [0.05, 0.1) is 19.2 Å². The van der Waals surface area contributed by atoms with Crippen LogP contribution in [0.25, 0.3) is 0 Å². The molecule has 0 fully saturated rings. The fraction of sp³-hybridized carbons (Fsp3) is 0.250. The van der Waals surface area contributed by atoms with Crippen molar-refractivity contribution < 1.29 is 9.47 Å². The monoisotopic (exact) mass is 323 g/mol. The number of thioether (sulfide) groups is 1. The SMILES string of the molecule is COc1cc(C)c(CSc2cc(N)ccc2Cl)cc1OC. The smallest absolute Gasteiger partial charge is 0.161 e. The molecule has 0 spiro atoms. The summed E-state index contributed by atoms with van der Waals surface area (Å²) in [6, 6.07) is 9.49. The Labute approximate surface area is 134 Å². The first kappa shape index (κ1) is 15.9. The van der Waals surface area contributed by atoms with Crippen LogP contribution in [0.4, 0.5) is 5.69 Å². The Balaban J connectivity index is 2.21. The second kappa shape index (κ2) is 6.96. The lowest BCUT2D eigenvalue weighted by Gasteiger charge is -2.13. The van der Waals surface area contributed by atoms with Crippen molar-refractivity contribution in [3.63, 3.8) is 0 Å². The Kier molecular flexibility index (Phi) is 5.26. The Hall–Kier alpha value is -1.52. The van der Waals surface area contributed by atoms with Gasteiger partial charge >= 0.3 is 0 Å². The molecule has 0 bridgehead atoms. The summed E-state index contributed by atoms with van der Waals surface area (Å²) in [6.07, 6.45) is 0. The minimum atomic E-state index is 0.714. The molecule has 0 heterocycles. The van der Waals surface area contributed by atoms with Crippen molar-refractivity contribution >= 4 is 29.1 Å². The third-order valence-electron chi connectivity index (χ3n) is 3.18. The highest BCUT2D eigenvalue weighted by molar-refractivity contribution is 7.98. The maximum Gasteiger partial charge on any atom is 0.161 e. The van der Waals surface area contributed by atoms with Gasteiger partial charge in [-0.05, 0) is 48.4 Å². The number of hydrogen-bond acceptors (Lipinski definition) is 4. The van der Waals surface area contributed by atoms with Crippen molar-refractivity contribution in [2.45, 2.75) is 17.6 Å². The Morgan fingerprint density at radius 3 is 2.43 bits per heavy atom. The minimum Gasteiger partial charge on any atom is -0.493 e. The van der Waals surface area contributed by atoms with Crippen molar-refractivity contribution in [3.8, 4) is 11.5 Å². The summed E-state index contributed by atoms with van der Waals surface area (Å²) in [7, 11) is 3.27. The third kappa shape index (κ3) is 3.77. The molecule has 0 radical (unpaired) electrons. The first-order valence-corrected chi connectivity index (χ1v) is 7.81. The lowest BCUT2D eigenvalue weighted by atomic mass is 10.1. The van der Waals surface area contributed by atoms with E-state index in [9.17, 15) is 0 Å². The Bertz CT molecular complexity index is 646. The highest BCUT2D eigenvalue weighted by Gasteiger charge is 2.10. The maximum atomic E-state index is 6.19. The largest absolute Gasteiger partial charge is 0.493 e. The van der Waals surface area contributed by atoms with Gasteiger partial charge in [-0.25, -0.2) is 0 Å². The fourth-order valence-electron chi connectivity index (χ4n) is 1.96. The zero-order chi connectivity index (χ0) is 15.4. The topological polar surface area (TPSA) is 44.5 Å². The average molecular weight is 324 g/mol. The van der Waals surface area contributed by atoms with E-state index in [1.807, 2.05) is 24.3 Å². The molecule has 0 aliphatic heterocycles. The summed E-state index contributed by atoms with van der Waals surface area (Å²) in [6.45, 7) is 2.05. The van der Waals surface area contributed by atoms with E-state index < -0.39 is 0 Å². The number of anilines is 1. The van der Waals surface area contributed by atoms with Crippen LogP contribution in [0, 0.1) is 6.92 Å². The van der Waals surface area contributed by atoms with Crippen LogP contribution in [0.5, 0.6) is 11.5 Å².